The number of carbonyl (C=O) groups excluding carboxylic acids is 3. The standard InChI is InChI=1S/C26H25N3O9/c1-2-34-26-20(30)22(37-25(33)18-8-5-11-29-14-18)21(38-26)19(36-24(32)17-7-4-10-28-13-17)15-35-23(31)16-6-3-9-27-12-16/h3-14,19-22,26,30H,2,15H2,1H3/t19-,20-,21-,22-,26?/m1/s1. The van der Waals surface area contributed by atoms with Gasteiger partial charge in [0.1, 0.15) is 18.8 Å². The first-order valence-electron chi connectivity index (χ1n) is 11.7. The second-order valence-electron chi connectivity index (χ2n) is 8.05. The van der Waals surface area contributed by atoms with Gasteiger partial charge in [0.2, 0.25) is 0 Å². The fraction of sp³-hybridized carbons (Fsp3) is 0.308. The minimum Gasteiger partial charge on any atom is -0.458 e. The Morgan fingerprint density at radius 3 is 1.97 bits per heavy atom. The summed E-state index contributed by atoms with van der Waals surface area (Å²) >= 11 is 0. The molecule has 0 bridgehead atoms. The van der Waals surface area contributed by atoms with Crippen LogP contribution in [0.5, 0.6) is 0 Å². The molecule has 0 spiro atoms. The molecule has 0 radical (unpaired) electrons. The predicted octanol–water partition coefficient (Wildman–Crippen LogP) is 1.60. The van der Waals surface area contributed by atoms with Crippen molar-refractivity contribution in [2.45, 2.75) is 37.6 Å². The summed E-state index contributed by atoms with van der Waals surface area (Å²) in [6.45, 7) is 1.38. The minimum atomic E-state index is -1.44. The van der Waals surface area contributed by atoms with E-state index in [1.807, 2.05) is 0 Å². The van der Waals surface area contributed by atoms with Crippen LogP contribution in [-0.4, -0.2) is 81.9 Å². The van der Waals surface area contributed by atoms with Crippen LogP contribution in [0.15, 0.2) is 73.6 Å². The summed E-state index contributed by atoms with van der Waals surface area (Å²) in [7, 11) is 0. The Labute approximate surface area is 217 Å². The van der Waals surface area contributed by atoms with Gasteiger partial charge < -0.3 is 28.8 Å². The Bertz CT molecular complexity index is 1210. The van der Waals surface area contributed by atoms with E-state index in [-0.39, 0.29) is 23.3 Å². The van der Waals surface area contributed by atoms with Crippen LogP contribution < -0.4 is 0 Å². The zero-order valence-electron chi connectivity index (χ0n) is 20.3. The summed E-state index contributed by atoms with van der Waals surface area (Å²) in [4.78, 5) is 49.9. The smallest absolute Gasteiger partial charge is 0.340 e. The van der Waals surface area contributed by atoms with Gasteiger partial charge in [0.15, 0.2) is 18.5 Å². The van der Waals surface area contributed by atoms with Gasteiger partial charge in [-0.2, -0.15) is 0 Å². The Kier molecular flexibility index (Phi) is 9.03. The molecule has 1 aliphatic rings. The van der Waals surface area contributed by atoms with Crippen molar-refractivity contribution in [3.05, 3.63) is 90.3 Å². The van der Waals surface area contributed by atoms with E-state index < -0.39 is 55.2 Å². The van der Waals surface area contributed by atoms with Crippen molar-refractivity contribution in [3.63, 3.8) is 0 Å². The number of hydrogen-bond donors (Lipinski definition) is 1. The maximum absolute atomic E-state index is 12.9. The highest BCUT2D eigenvalue weighted by atomic mass is 16.7. The molecule has 1 aliphatic heterocycles. The van der Waals surface area contributed by atoms with Gasteiger partial charge in [-0.25, -0.2) is 14.4 Å². The second-order valence-corrected chi connectivity index (χ2v) is 8.05. The van der Waals surface area contributed by atoms with E-state index in [2.05, 4.69) is 15.0 Å². The molecule has 5 atom stereocenters. The first-order chi connectivity index (χ1) is 18.5. The van der Waals surface area contributed by atoms with E-state index in [0.717, 1.165) is 0 Å². The average Bonchev–Trinajstić information content (AvgIpc) is 3.26. The molecular formula is C26H25N3O9. The van der Waals surface area contributed by atoms with Crippen LogP contribution in [0.1, 0.15) is 38.0 Å². The summed E-state index contributed by atoms with van der Waals surface area (Å²) in [5.74, 6) is -2.32. The van der Waals surface area contributed by atoms with Gasteiger partial charge in [-0.3, -0.25) is 15.0 Å². The van der Waals surface area contributed by atoms with Crippen molar-refractivity contribution >= 4 is 17.9 Å². The van der Waals surface area contributed by atoms with Gasteiger partial charge >= 0.3 is 17.9 Å². The predicted molar refractivity (Wildman–Crippen MR) is 128 cm³/mol. The summed E-state index contributed by atoms with van der Waals surface area (Å²) in [5, 5.41) is 10.9. The third-order valence-electron chi connectivity index (χ3n) is 5.50. The summed E-state index contributed by atoms with van der Waals surface area (Å²) in [6, 6.07) is 9.14. The molecular weight excluding hydrogens is 498 g/mol. The lowest BCUT2D eigenvalue weighted by Gasteiger charge is -2.27. The number of aromatic nitrogens is 3. The van der Waals surface area contributed by atoms with Crippen molar-refractivity contribution in [2.75, 3.05) is 13.2 Å². The topological polar surface area (TPSA) is 156 Å². The largest absolute Gasteiger partial charge is 0.458 e. The molecule has 0 saturated carbocycles. The Balaban J connectivity index is 1.59. The normalized spacial score (nSPS) is 21.3. The molecule has 1 saturated heterocycles. The molecule has 1 unspecified atom stereocenters. The molecule has 12 nitrogen and oxygen atoms in total. The number of aliphatic hydroxyl groups is 1. The summed E-state index contributed by atoms with van der Waals surface area (Å²) in [6.07, 6.45) is 1.84. The molecule has 3 aromatic heterocycles. The molecule has 1 fully saturated rings. The molecule has 198 valence electrons. The van der Waals surface area contributed by atoms with Crippen LogP contribution in [0.25, 0.3) is 0 Å². The number of hydrogen-bond acceptors (Lipinski definition) is 12. The lowest BCUT2D eigenvalue weighted by atomic mass is 10.1. The van der Waals surface area contributed by atoms with Gasteiger partial charge in [0.05, 0.1) is 16.7 Å². The zero-order valence-corrected chi connectivity index (χ0v) is 20.3. The SMILES string of the molecule is CCOC1O[C@H]([C@@H](COC(=O)c2cccnc2)OC(=O)c2cccnc2)[C@H](OC(=O)c2cccnc2)[C@H]1O. The third-order valence-corrected chi connectivity index (χ3v) is 5.50. The number of carbonyl (C=O) groups is 3. The van der Waals surface area contributed by atoms with Crippen LogP contribution in [0.4, 0.5) is 0 Å². The Morgan fingerprint density at radius 1 is 0.895 bits per heavy atom. The van der Waals surface area contributed by atoms with Gasteiger partial charge in [-0.15, -0.1) is 0 Å². The fourth-order valence-corrected chi connectivity index (χ4v) is 3.68. The number of ether oxygens (including phenoxy) is 5. The number of pyridine rings is 3. The van der Waals surface area contributed by atoms with E-state index in [1.165, 1.54) is 55.4 Å². The molecule has 12 heteroatoms. The minimum absolute atomic E-state index is 0.125. The molecule has 0 aliphatic carbocycles. The summed E-state index contributed by atoms with van der Waals surface area (Å²) in [5.41, 5.74) is 0.425. The van der Waals surface area contributed by atoms with Gasteiger partial charge in [-0.05, 0) is 43.3 Å². The molecule has 0 amide bonds. The van der Waals surface area contributed by atoms with Crippen molar-refractivity contribution in [3.8, 4) is 0 Å². The molecule has 3 aromatic rings. The highest BCUT2D eigenvalue weighted by Crippen LogP contribution is 2.30. The quantitative estimate of drug-likeness (QED) is 0.303. The van der Waals surface area contributed by atoms with Crippen LogP contribution in [0.2, 0.25) is 0 Å². The highest BCUT2D eigenvalue weighted by Gasteiger charge is 2.52. The summed E-state index contributed by atoms with van der Waals surface area (Å²) < 4.78 is 27.9. The number of rotatable bonds is 10. The first kappa shape index (κ1) is 26.8. The van der Waals surface area contributed by atoms with E-state index in [9.17, 15) is 19.5 Å². The molecule has 4 heterocycles. The lowest BCUT2D eigenvalue weighted by molar-refractivity contribution is -0.178. The molecule has 0 aromatic carbocycles. The van der Waals surface area contributed by atoms with Crippen molar-refractivity contribution < 1.29 is 43.2 Å². The fourth-order valence-electron chi connectivity index (χ4n) is 3.68. The van der Waals surface area contributed by atoms with E-state index in [1.54, 1.807) is 25.1 Å². The third kappa shape index (κ3) is 6.54. The number of nitrogens with zero attached hydrogens (tertiary/aromatic N) is 3. The maximum Gasteiger partial charge on any atom is 0.340 e. The van der Waals surface area contributed by atoms with Gasteiger partial charge in [0.25, 0.3) is 0 Å². The van der Waals surface area contributed by atoms with Crippen LogP contribution in [0, 0.1) is 0 Å². The maximum atomic E-state index is 12.9. The zero-order chi connectivity index (χ0) is 26.9. The van der Waals surface area contributed by atoms with Crippen LogP contribution in [-0.2, 0) is 23.7 Å². The van der Waals surface area contributed by atoms with E-state index >= 15 is 0 Å². The lowest BCUT2D eigenvalue weighted by Crippen LogP contribution is -2.46. The Hall–Kier alpha value is -4.26. The Morgan fingerprint density at radius 2 is 1.45 bits per heavy atom. The van der Waals surface area contributed by atoms with E-state index in [4.69, 9.17) is 23.7 Å². The first-order valence-corrected chi connectivity index (χ1v) is 11.7. The van der Waals surface area contributed by atoms with Crippen molar-refractivity contribution in [1.82, 2.24) is 15.0 Å². The van der Waals surface area contributed by atoms with Crippen LogP contribution in [0.3, 0.4) is 0 Å². The van der Waals surface area contributed by atoms with E-state index in [0.29, 0.717) is 0 Å². The molecule has 1 N–H and O–H groups in total. The number of esters is 3. The monoisotopic (exact) mass is 523 g/mol. The number of aliphatic hydroxyl groups excluding tert-OH is 1. The average molecular weight is 523 g/mol. The second kappa shape index (κ2) is 12.8. The van der Waals surface area contributed by atoms with Crippen molar-refractivity contribution in [2.24, 2.45) is 0 Å². The van der Waals surface area contributed by atoms with Crippen molar-refractivity contribution in [1.29, 1.82) is 0 Å². The molecule has 38 heavy (non-hydrogen) atoms. The van der Waals surface area contributed by atoms with Crippen LogP contribution >= 0.6 is 0 Å². The molecule has 4 rings (SSSR count). The highest BCUT2D eigenvalue weighted by molar-refractivity contribution is 5.90. The van der Waals surface area contributed by atoms with Gasteiger partial charge in [-0.1, -0.05) is 0 Å². The van der Waals surface area contributed by atoms with Gasteiger partial charge in [0, 0.05) is 43.8 Å².